The minimum Gasteiger partial charge on any atom is -0.296 e. The fraction of sp³-hybridized carbons (Fsp3) is 0.250. The summed E-state index contributed by atoms with van der Waals surface area (Å²) in [4.78, 5) is 31.1. The van der Waals surface area contributed by atoms with E-state index >= 15 is 0 Å². The van der Waals surface area contributed by atoms with E-state index < -0.39 is 0 Å². The molecular weight excluding hydrogens is 278 g/mol. The van der Waals surface area contributed by atoms with Gasteiger partial charge in [-0.1, -0.05) is 11.8 Å². The van der Waals surface area contributed by atoms with Gasteiger partial charge in [0, 0.05) is 36.8 Å². The number of hydrogen-bond acceptors (Lipinski definition) is 6. The van der Waals surface area contributed by atoms with Crippen molar-refractivity contribution < 1.29 is 9.59 Å². The molecule has 2 amide bonds. The first kappa shape index (κ1) is 12.8. The van der Waals surface area contributed by atoms with Gasteiger partial charge < -0.3 is 0 Å². The normalized spacial score (nSPS) is 18.3. The minimum atomic E-state index is -0.301. The molecule has 0 spiro atoms. The van der Waals surface area contributed by atoms with Crippen LogP contribution in [0.25, 0.3) is 5.82 Å². The number of aromatic nitrogens is 4. The highest BCUT2D eigenvalue weighted by atomic mass is 32.2. The summed E-state index contributed by atoms with van der Waals surface area (Å²) in [7, 11) is 0. The van der Waals surface area contributed by atoms with Gasteiger partial charge in [0.05, 0.1) is 5.92 Å². The lowest BCUT2D eigenvalue weighted by atomic mass is 10.1. The molecule has 102 valence electrons. The maximum Gasteiger partial charge on any atom is 0.231 e. The number of carbonyl (C=O) groups is 2. The van der Waals surface area contributed by atoms with Crippen molar-refractivity contribution in [3.05, 3.63) is 30.7 Å². The van der Waals surface area contributed by atoms with Gasteiger partial charge in [-0.05, 0) is 6.07 Å². The molecule has 7 nitrogen and oxygen atoms in total. The first-order valence-corrected chi connectivity index (χ1v) is 7.00. The summed E-state index contributed by atoms with van der Waals surface area (Å²) in [5.74, 6) is 0.418. The van der Waals surface area contributed by atoms with Crippen LogP contribution in [0.3, 0.4) is 0 Å². The third-order valence-corrected chi connectivity index (χ3v) is 3.86. The molecule has 2 aromatic rings. The molecule has 0 saturated carbocycles. The molecular formula is C12H11N5O2S. The van der Waals surface area contributed by atoms with Gasteiger partial charge in [-0.25, -0.2) is 14.6 Å². The Morgan fingerprint density at radius 3 is 3.00 bits per heavy atom. The van der Waals surface area contributed by atoms with Gasteiger partial charge in [-0.2, -0.15) is 5.10 Å². The van der Waals surface area contributed by atoms with Crippen molar-refractivity contribution in [3.63, 3.8) is 0 Å². The predicted molar refractivity (Wildman–Crippen MR) is 71.1 cm³/mol. The molecule has 0 aliphatic carbocycles. The quantitative estimate of drug-likeness (QED) is 0.498. The van der Waals surface area contributed by atoms with Crippen LogP contribution in [0.5, 0.6) is 0 Å². The molecule has 1 N–H and O–H groups in total. The molecule has 1 saturated heterocycles. The zero-order valence-electron chi connectivity index (χ0n) is 10.4. The fourth-order valence-corrected chi connectivity index (χ4v) is 2.76. The van der Waals surface area contributed by atoms with Crippen molar-refractivity contribution in [3.8, 4) is 5.82 Å². The highest BCUT2D eigenvalue weighted by molar-refractivity contribution is 7.99. The molecule has 0 radical (unpaired) electrons. The van der Waals surface area contributed by atoms with Crippen LogP contribution in [0.15, 0.2) is 35.9 Å². The first-order chi connectivity index (χ1) is 9.72. The summed E-state index contributed by atoms with van der Waals surface area (Å²) in [5.41, 5.74) is 0. The zero-order valence-corrected chi connectivity index (χ0v) is 11.2. The van der Waals surface area contributed by atoms with Gasteiger partial charge in [-0.15, -0.1) is 0 Å². The Balaban J connectivity index is 1.68. The molecule has 1 atom stereocenters. The van der Waals surface area contributed by atoms with E-state index in [0.717, 1.165) is 0 Å². The van der Waals surface area contributed by atoms with E-state index in [4.69, 9.17) is 0 Å². The van der Waals surface area contributed by atoms with E-state index in [9.17, 15) is 9.59 Å². The number of imide groups is 1. The molecule has 1 aliphatic heterocycles. The Morgan fingerprint density at radius 2 is 2.30 bits per heavy atom. The van der Waals surface area contributed by atoms with Crippen LogP contribution in [-0.4, -0.2) is 37.3 Å². The average molecular weight is 289 g/mol. The second kappa shape index (κ2) is 5.41. The lowest BCUT2D eigenvalue weighted by Crippen LogP contribution is -2.22. The Hall–Kier alpha value is -2.22. The zero-order chi connectivity index (χ0) is 13.9. The number of nitrogens with one attached hydrogen (secondary N) is 1. The summed E-state index contributed by atoms with van der Waals surface area (Å²) < 4.78 is 1.64. The number of rotatable bonds is 4. The number of thioether (sulfide) groups is 1. The van der Waals surface area contributed by atoms with Crippen LogP contribution in [-0.2, 0) is 9.59 Å². The summed E-state index contributed by atoms with van der Waals surface area (Å²) in [6, 6.07) is 3.56. The second-order valence-corrected chi connectivity index (χ2v) is 5.26. The molecule has 2 aromatic heterocycles. The Bertz CT molecular complexity index is 643. The smallest absolute Gasteiger partial charge is 0.231 e. The van der Waals surface area contributed by atoms with Crippen molar-refractivity contribution in [2.45, 2.75) is 11.6 Å². The third kappa shape index (κ3) is 2.69. The topological polar surface area (TPSA) is 89.8 Å². The lowest BCUT2D eigenvalue weighted by Gasteiger charge is -2.05. The Morgan fingerprint density at radius 1 is 1.40 bits per heavy atom. The third-order valence-electron chi connectivity index (χ3n) is 2.84. The van der Waals surface area contributed by atoms with Crippen LogP contribution in [0.2, 0.25) is 0 Å². The summed E-state index contributed by atoms with van der Waals surface area (Å²) >= 11 is 1.36. The Kier molecular flexibility index (Phi) is 3.46. The second-order valence-electron chi connectivity index (χ2n) is 4.27. The molecule has 0 bridgehead atoms. The van der Waals surface area contributed by atoms with E-state index in [1.807, 2.05) is 6.07 Å². The number of amides is 2. The van der Waals surface area contributed by atoms with Crippen LogP contribution in [0.4, 0.5) is 0 Å². The fourth-order valence-electron chi connectivity index (χ4n) is 1.85. The van der Waals surface area contributed by atoms with Gasteiger partial charge in [0.25, 0.3) is 0 Å². The molecule has 8 heteroatoms. The minimum absolute atomic E-state index is 0.216. The lowest BCUT2D eigenvalue weighted by molar-refractivity contribution is -0.125. The van der Waals surface area contributed by atoms with Crippen molar-refractivity contribution in [2.24, 2.45) is 5.92 Å². The van der Waals surface area contributed by atoms with Crippen LogP contribution in [0, 0.1) is 5.92 Å². The molecule has 1 unspecified atom stereocenters. The van der Waals surface area contributed by atoms with Crippen LogP contribution in [0.1, 0.15) is 6.42 Å². The summed E-state index contributed by atoms with van der Waals surface area (Å²) in [6.07, 6.45) is 5.35. The number of nitrogens with zero attached hydrogens (tertiary/aromatic N) is 4. The highest BCUT2D eigenvalue weighted by Crippen LogP contribution is 2.22. The molecule has 3 rings (SSSR count). The van der Waals surface area contributed by atoms with Gasteiger partial charge in [0.15, 0.2) is 11.0 Å². The van der Waals surface area contributed by atoms with Gasteiger partial charge in [0.1, 0.15) is 0 Å². The summed E-state index contributed by atoms with van der Waals surface area (Å²) in [6.45, 7) is 0. The monoisotopic (exact) mass is 289 g/mol. The van der Waals surface area contributed by atoms with Crippen LogP contribution < -0.4 is 5.32 Å². The van der Waals surface area contributed by atoms with E-state index in [0.29, 0.717) is 16.7 Å². The molecule has 3 heterocycles. The van der Waals surface area contributed by atoms with E-state index in [1.54, 1.807) is 29.3 Å². The van der Waals surface area contributed by atoms with Crippen molar-refractivity contribution in [1.82, 2.24) is 25.1 Å². The van der Waals surface area contributed by atoms with Gasteiger partial charge in [-0.3, -0.25) is 14.9 Å². The van der Waals surface area contributed by atoms with E-state index in [2.05, 4.69) is 20.4 Å². The van der Waals surface area contributed by atoms with Crippen LogP contribution >= 0.6 is 11.8 Å². The molecule has 0 aromatic carbocycles. The van der Waals surface area contributed by atoms with Crippen molar-refractivity contribution in [1.29, 1.82) is 0 Å². The number of hydrogen-bond donors (Lipinski definition) is 1. The molecule has 20 heavy (non-hydrogen) atoms. The largest absolute Gasteiger partial charge is 0.296 e. The van der Waals surface area contributed by atoms with Crippen molar-refractivity contribution in [2.75, 3.05) is 5.75 Å². The average Bonchev–Trinajstić information content (AvgIpc) is 3.07. The molecule has 1 fully saturated rings. The standard InChI is InChI=1S/C12H11N5O2S/c18-10-6-8(11(19)16-10)7-20-12-13-4-2-9(15-12)17-5-1-3-14-17/h1-5,8H,6-7H2,(H,16,18,19). The number of carbonyl (C=O) groups excluding carboxylic acids is 2. The highest BCUT2D eigenvalue weighted by Gasteiger charge is 2.30. The van der Waals surface area contributed by atoms with Crippen molar-refractivity contribution >= 4 is 23.6 Å². The van der Waals surface area contributed by atoms with E-state index in [-0.39, 0.29) is 24.2 Å². The predicted octanol–water partition coefficient (Wildman–Crippen LogP) is 0.417. The first-order valence-electron chi connectivity index (χ1n) is 6.02. The van der Waals surface area contributed by atoms with Gasteiger partial charge in [0.2, 0.25) is 11.8 Å². The SMILES string of the molecule is O=C1CC(CSc2nccc(-n3cccn3)n2)C(=O)N1. The maximum absolute atomic E-state index is 11.5. The van der Waals surface area contributed by atoms with Gasteiger partial charge >= 0.3 is 0 Å². The van der Waals surface area contributed by atoms with E-state index in [1.165, 1.54) is 11.8 Å². The Labute approximate surface area is 118 Å². The summed E-state index contributed by atoms with van der Waals surface area (Å²) in [5, 5.41) is 6.95. The maximum atomic E-state index is 11.5. The molecule has 1 aliphatic rings.